The lowest BCUT2D eigenvalue weighted by Gasteiger charge is -2.29. The smallest absolute Gasteiger partial charge is 0.255 e. The third kappa shape index (κ3) is 4.90. The van der Waals surface area contributed by atoms with Crippen molar-refractivity contribution >= 4 is 11.6 Å². The Hall–Kier alpha value is -2.24. The zero-order valence-electron chi connectivity index (χ0n) is 15.0. The van der Waals surface area contributed by atoms with Gasteiger partial charge in [0.25, 0.3) is 5.91 Å². The zero-order chi connectivity index (χ0) is 18.5. The van der Waals surface area contributed by atoms with E-state index in [1.54, 1.807) is 25.1 Å². The molecule has 2 aromatic carbocycles. The number of hydrogen-bond donors (Lipinski definition) is 2. The first-order valence-electron chi connectivity index (χ1n) is 9.08. The number of halogens is 1. The van der Waals surface area contributed by atoms with Gasteiger partial charge in [0.1, 0.15) is 5.82 Å². The van der Waals surface area contributed by atoms with Crippen molar-refractivity contribution in [3.8, 4) is 0 Å². The van der Waals surface area contributed by atoms with Crippen LogP contribution in [0.15, 0.2) is 42.5 Å². The van der Waals surface area contributed by atoms with Crippen molar-refractivity contribution in [2.45, 2.75) is 32.3 Å². The molecule has 2 N–H and O–H groups in total. The molecule has 1 heterocycles. The van der Waals surface area contributed by atoms with E-state index in [-0.39, 0.29) is 17.8 Å². The predicted molar refractivity (Wildman–Crippen MR) is 101 cm³/mol. The van der Waals surface area contributed by atoms with Gasteiger partial charge in [0, 0.05) is 30.9 Å². The van der Waals surface area contributed by atoms with Crippen LogP contribution in [-0.2, 0) is 6.42 Å². The maximum Gasteiger partial charge on any atom is 0.255 e. The fraction of sp³-hybridized carbons (Fsp3) is 0.381. The van der Waals surface area contributed by atoms with Gasteiger partial charge in [0.2, 0.25) is 0 Å². The van der Waals surface area contributed by atoms with Gasteiger partial charge in [-0.15, -0.1) is 0 Å². The van der Waals surface area contributed by atoms with E-state index in [0.717, 1.165) is 44.5 Å². The second-order valence-electron chi connectivity index (χ2n) is 6.94. The molecule has 1 amide bonds. The number of aryl methyl sites for hydroxylation is 1. The fourth-order valence-corrected chi connectivity index (χ4v) is 3.22. The Bertz CT molecular complexity index is 770. The number of amides is 1. The van der Waals surface area contributed by atoms with Crippen molar-refractivity contribution < 1.29 is 14.3 Å². The number of nitrogens with one attached hydrogen (secondary N) is 1. The summed E-state index contributed by atoms with van der Waals surface area (Å²) < 4.78 is 13.3. The van der Waals surface area contributed by atoms with E-state index in [4.69, 9.17) is 0 Å². The van der Waals surface area contributed by atoms with Gasteiger partial charge in [0.15, 0.2) is 0 Å². The van der Waals surface area contributed by atoms with Crippen molar-refractivity contribution in [1.29, 1.82) is 0 Å². The minimum Gasteiger partial charge on any atom is -0.393 e. The van der Waals surface area contributed by atoms with Gasteiger partial charge in [-0.2, -0.15) is 0 Å². The van der Waals surface area contributed by atoms with Crippen LogP contribution in [0, 0.1) is 12.7 Å². The summed E-state index contributed by atoms with van der Waals surface area (Å²) >= 11 is 0. The Balaban J connectivity index is 1.59. The largest absolute Gasteiger partial charge is 0.393 e. The molecule has 0 bridgehead atoms. The van der Waals surface area contributed by atoms with Crippen molar-refractivity contribution in [3.05, 3.63) is 65.0 Å². The topological polar surface area (TPSA) is 52.6 Å². The molecule has 3 rings (SSSR count). The Kier molecular flexibility index (Phi) is 6.01. The average Bonchev–Trinajstić information content (AvgIpc) is 2.64. The second-order valence-corrected chi connectivity index (χ2v) is 6.94. The van der Waals surface area contributed by atoms with Gasteiger partial charge < -0.3 is 15.3 Å². The Morgan fingerprint density at radius 3 is 2.73 bits per heavy atom. The van der Waals surface area contributed by atoms with Crippen LogP contribution >= 0.6 is 0 Å². The van der Waals surface area contributed by atoms with Crippen LogP contribution in [0.3, 0.4) is 0 Å². The van der Waals surface area contributed by atoms with E-state index in [2.05, 4.69) is 10.2 Å². The normalized spacial score (nSPS) is 15.8. The van der Waals surface area contributed by atoms with Crippen molar-refractivity contribution in [2.24, 2.45) is 0 Å². The van der Waals surface area contributed by atoms with Crippen LogP contribution in [0.2, 0.25) is 0 Å². The summed E-state index contributed by atoms with van der Waals surface area (Å²) in [7, 11) is 0. The molecule has 1 aliphatic heterocycles. The minimum absolute atomic E-state index is 0.159. The van der Waals surface area contributed by atoms with Crippen LogP contribution < -0.4 is 5.32 Å². The van der Waals surface area contributed by atoms with Gasteiger partial charge in [-0.25, -0.2) is 4.39 Å². The molecule has 0 unspecified atom stereocenters. The molecule has 2 aromatic rings. The monoisotopic (exact) mass is 356 g/mol. The maximum atomic E-state index is 13.3. The van der Waals surface area contributed by atoms with Crippen LogP contribution in [-0.4, -0.2) is 41.7 Å². The van der Waals surface area contributed by atoms with Gasteiger partial charge in [0.05, 0.1) is 6.10 Å². The highest BCUT2D eigenvalue weighted by Crippen LogP contribution is 2.16. The molecule has 138 valence electrons. The highest BCUT2D eigenvalue weighted by molar-refractivity contribution is 6.04. The third-order valence-electron chi connectivity index (χ3n) is 4.88. The van der Waals surface area contributed by atoms with Crippen molar-refractivity contribution in [1.82, 2.24) is 4.90 Å². The predicted octanol–water partition coefficient (Wildman–Crippen LogP) is 3.39. The minimum atomic E-state index is -0.282. The number of anilines is 1. The molecule has 0 aromatic heterocycles. The number of hydrogen-bond acceptors (Lipinski definition) is 3. The Morgan fingerprint density at radius 2 is 2.00 bits per heavy atom. The fourth-order valence-electron chi connectivity index (χ4n) is 3.22. The summed E-state index contributed by atoms with van der Waals surface area (Å²) in [5.41, 5.74) is 2.80. The van der Waals surface area contributed by atoms with E-state index < -0.39 is 0 Å². The van der Waals surface area contributed by atoms with Gasteiger partial charge in [-0.1, -0.05) is 12.1 Å². The van der Waals surface area contributed by atoms with Crippen molar-refractivity contribution in [2.75, 3.05) is 25.0 Å². The summed E-state index contributed by atoms with van der Waals surface area (Å²) in [6.07, 6.45) is 2.37. The first-order chi connectivity index (χ1) is 12.5. The number of rotatable bonds is 5. The molecule has 0 atom stereocenters. The van der Waals surface area contributed by atoms with Gasteiger partial charge in [-0.05, 0) is 67.6 Å². The van der Waals surface area contributed by atoms with E-state index in [9.17, 15) is 14.3 Å². The quantitative estimate of drug-likeness (QED) is 0.863. The summed E-state index contributed by atoms with van der Waals surface area (Å²) in [5.74, 6) is -0.478. The summed E-state index contributed by atoms with van der Waals surface area (Å²) in [6.45, 7) is 4.44. The average molecular weight is 356 g/mol. The molecule has 1 saturated heterocycles. The second kappa shape index (κ2) is 8.43. The highest BCUT2D eigenvalue weighted by atomic mass is 19.1. The lowest BCUT2D eigenvalue weighted by atomic mass is 10.0. The number of aliphatic hydroxyl groups is 1. The number of carbonyl (C=O) groups excluding carboxylic acids is 1. The molecule has 5 heteroatoms. The van der Waals surface area contributed by atoms with Crippen LogP contribution in [0.1, 0.15) is 34.3 Å². The molecule has 0 spiro atoms. The lowest BCUT2D eigenvalue weighted by Crippen LogP contribution is -2.37. The number of carbonyl (C=O) groups is 1. The van der Waals surface area contributed by atoms with E-state index in [1.165, 1.54) is 6.07 Å². The standard InChI is InChI=1S/C21H25FN2O2/c1-15-13-18(5-6-20(15)22)23-21(26)17-4-2-3-16(14-17)7-10-24-11-8-19(25)9-12-24/h2-6,13-14,19,25H,7-12H2,1H3,(H,23,26). The van der Waals surface area contributed by atoms with Gasteiger partial charge in [-0.3, -0.25) is 4.79 Å². The number of benzene rings is 2. The van der Waals surface area contributed by atoms with Crippen LogP contribution in [0.25, 0.3) is 0 Å². The van der Waals surface area contributed by atoms with Crippen LogP contribution in [0.4, 0.5) is 10.1 Å². The third-order valence-corrected chi connectivity index (χ3v) is 4.88. The Labute approximate surface area is 153 Å². The molecule has 1 fully saturated rings. The molecule has 26 heavy (non-hydrogen) atoms. The van der Waals surface area contributed by atoms with E-state index in [0.29, 0.717) is 16.8 Å². The molecule has 0 radical (unpaired) electrons. The molecular weight excluding hydrogens is 331 g/mol. The number of piperidine rings is 1. The van der Waals surface area contributed by atoms with Crippen molar-refractivity contribution in [3.63, 3.8) is 0 Å². The number of aliphatic hydroxyl groups excluding tert-OH is 1. The number of likely N-dealkylation sites (tertiary alicyclic amines) is 1. The molecular formula is C21H25FN2O2. The summed E-state index contributed by atoms with van der Waals surface area (Å²) in [5, 5.41) is 12.4. The highest BCUT2D eigenvalue weighted by Gasteiger charge is 2.16. The maximum absolute atomic E-state index is 13.3. The van der Waals surface area contributed by atoms with E-state index in [1.807, 2.05) is 18.2 Å². The SMILES string of the molecule is Cc1cc(NC(=O)c2cccc(CCN3CCC(O)CC3)c2)ccc1F. The zero-order valence-corrected chi connectivity index (χ0v) is 15.0. The molecule has 0 aliphatic carbocycles. The molecule has 4 nitrogen and oxygen atoms in total. The lowest BCUT2D eigenvalue weighted by molar-refractivity contribution is 0.0831. The first kappa shape index (κ1) is 18.5. The number of nitrogens with zero attached hydrogens (tertiary/aromatic N) is 1. The van der Waals surface area contributed by atoms with Crippen LogP contribution in [0.5, 0.6) is 0 Å². The molecule has 0 saturated carbocycles. The molecule has 1 aliphatic rings. The first-order valence-corrected chi connectivity index (χ1v) is 9.08. The Morgan fingerprint density at radius 1 is 1.23 bits per heavy atom. The van der Waals surface area contributed by atoms with E-state index >= 15 is 0 Å². The summed E-state index contributed by atoms with van der Waals surface area (Å²) in [6, 6.07) is 12.2. The van der Waals surface area contributed by atoms with Gasteiger partial charge >= 0.3 is 0 Å². The summed E-state index contributed by atoms with van der Waals surface area (Å²) in [4.78, 5) is 14.8.